The van der Waals surface area contributed by atoms with E-state index in [1.807, 2.05) is 6.07 Å². The molecule has 1 amide bonds. The summed E-state index contributed by atoms with van der Waals surface area (Å²) in [5, 5.41) is 8.27. The van der Waals surface area contributed by atoms with Gasteiger partial charge in [0, 0.05) is 25.3 Å². The van der Waals surface area contributed by atoms with Gasteiger partial charge in [-0.25, -0.2) is 9.99 Å². The molecule has 1 saturated heterocycles. The normalized spacial score (nSPS) is 15.1. The first kappa shape index (κ1) is 13.3. The smallest absolute Gasteiger partial charge is 0.248 e. The fourth-order valence-corrected chi connectivity index (χ4v) is 1.77. The van der Waals surface area contributed by atoms with Crippen LogP contribution in [0.1, 0.15) is 23.1 Å². The SMILES string of the molecule is CC(=O)c1cccc(CC=NN2CC(=O)NC2=S)n1. The first-order chi connectivity index (χ1) is 9.06. The minimum absolute atomic E-state index is 0.0747. The van der Waals surface area contributed by atoms with Crippen molar-refractivity contribution in [3.05, 3.63) is 29.6 Å². The van der Waals surface area contributed by atoms with Crippen LogP contribution in [-0.2, 0) is 11.2 Å². The van der Waals surface area contributed by atoms with Gasteiger partial charge in [-0.2, -0.15) is 5.10 Å². The van der Waals surface area contributed by atoms with Crippen molar-refractivity contribution in [3.63, 3.8) is 0 Å². The zero-order valence-electron chi connectivity index (χ0n) is 10.3. The number of nitrogens with one attached hydrogen (secondary N) is 1. The van der Waals surface area contributed by atoms with Crippen molar-refractivity contribution in [2.75, 3.05) is 6.54 Å². The molecule has 6 nitrogen and oxygen atoms in total. The summed E-state index contributed by atoms with van der Waals surface area (Å²) >= 11 is 4.92. The zero-order valence-corrected chi connectivity index (χ0v) is 11.1. The van der Waals surface area contributed by atoms with E-state index in [1.54, 1.807) is 18.3 Å². The second-order valence-electron chi connectivity index (χ2n) is 3.98. The third-order valence-electron chi connectivity index (χ3n) is 2.46. The number of thiocarbonyl (C=S) groups is 1. The molecule has 2 heterocycles. The molecule has 1 N–H and O–H groups in total. The van der Waals surface area contributed by atoms with Gasteiger partial charge < -0.3 is 0 Å². The summed E-state index contributed by atoms with van der Waals surface area (Å²) in [6, 6.07) is 5.25. The van der Waals surface area contributed by atoms with Crippen molar-refractivity contribution in [3.8, 4) is 0 Å². The van der Waals surface area contributed by atoms with Crippen molar-refractivity contribution in [1.82, 2.24) is 15.3 Å². The molecule has 1 aromatic rings. The Balaban J connectivity index is 1.99. The predicted molar refractivity (Wildman–Crippen MR) is 73.9 cm³/mol. The van der Waals surface area contributed by atoms with Gasteiger partial charge in [-0.15, -0.1) is 0 Å². The monoisotopic (exact) mass is 276 g/mol. The summed E-state index contributed by atoms with van der Waals surface area (Å²) in [5.74, 6) is -0.242. The van der Waals surface area contributed by atoms with Crippen LogP contribution in [0.5, 0.6) is 0 Å². The van der Waals surface area contributed by atoms with Crippen LogP contribution in [0.3, 0.4) is 0 Å². The Morgan fingerprint density at radius 3 is 3.05 bits per heavy atom. The number of carbonyl (C=O) groups excluding carboxylic acids is 2. The lowest BCUT2D eigenvalue weighted by Crippen LogP contribution is -2.23. The number of carbonyl (C=O) groups is 2. The van der Waals surface area contributed by atoms with Crippen LogP contribution in [0.15, 0.2) is 23.3 Å². The third kappa shape index (κ3) is 3.41. The number of ketones is 1. The van der Waals surface area contributed by atoms with Crippen LogP contribution in [-0.4, -0.2) is 39.6 Å². The topological polar surface area (TPSA) is 74.7 Å². The van der Waals surface area contributed by atoms with Gasteiger partial charge in [0.1, 0.15) is 12.2 Å². The molecule has 1 aromatic heterocycles. The van der Waals surface area contributed by atoms with Gasteiger partial charge in [0.15, 0.2) is 10.9 Å². The first-order valence-corrected chi connectivity index (χ1v) is 6.08. The van der Waals surface area contributed by atoms with Gasteiger partial charge in [0.25, 0.3) is 0 Å². The number of hydrogen-bond acceptors (Lipinski definition) is 5. The summed E-state index contributed by atoms with van der Waals surface area (Å²) in [6.45, 7) is 1.61. The van der Waals surface area contributed by atoms with Gasteiger partial charge in [0.05, 0.1) is 0 Å². The maximum atomic E-state index is 11.2. The molecule has 98 valence electrons. The Kier molecular flexibility index (Phi) is 3.96. The number of nitrogens with zero attached hydrogens (tertiary/aromatic N) is 3. The summed E-state index contributed by atoms with van der Waals surface area (Å²) in [4.78, 5) is 26.4. The van der Waals surface area contributed by atoms with Gasteiger partial charge in [-0.05, 0) is 24.4 Å². The lowest BCUT2D eigenvalue weighted by atomic mass is 10.2. The van der Waals surface area contributed by atoms with Crippen molar-refractivity contribution >= 4 is 35.2 Å². The van der Waals surface area contributed by atoms with Crippen molar-refractivity contribution in [2.45, 2.75) is 13.3 Å². The Hall–Kier alpha value is -2.15. The Morgan fingerprint density at radius 2 is 2.42 bits per heavy atom. The van der Waals surface area contributed by atoms with Crippen LogP contribution in [0, 0.1) is 0 Å². The second kappa shape index (κ2) is 5.66. The molecule has 7 heteroatoms. The van der Waals surface area contributed by atoms with E-state index in [0.717, 1.165) is 5.69 Å². The van der Waals surface area contributed by atoms with Crippen LogP contribution in [0.4, 0.5) is 0 Å². The summed E-state index contributed by atoms with van der Waals surface area (Å²) < 4.78 is 0. The Bertz CT molecular complexity index is 571. The number of rotatable bonds is 4. The molecule has 1 aliphatic rings. The average molecular weight is 276 g/mol. The highest BCUT2D eigenvalue weighted by Crippen LogP contribution is 2.02. The molecule has 0 unspecified atom stereocenters. The fraction of sp³-hybridized carbons (Fsp3) is 0.250. The molecular formula is C12H12N4O2S. The number of Topliss-reactive ketones (excluding diaryl/α,β-unsaturated/α-hetero) is 1. The quantitative estimate of drug-likeness (QED) is 0.493. The van der Waals surface area contributed by atoms with Gasteiger partial charge >= 0.3 is 0 Å². The zero-order chi connectivity index (χ0) is 13.8. The molecular weight excluding hydrogens is 264 g/mol. The summed E-state index contributed by atoms with van der Waals surface area (Å²) in [7, 11) is 0. The van der Waals surface area contributed by atoms with E-state index in [9.17, 15) is 9.59 Å². The maximum absolute atomic E-state index is 11.2. The number of pyridine rings is 1. The maximum Gasteiger partial charge on any atom is 0.248 e. The molecule has 0 spiro atoms. The van der Waals surface area contributed by atoms with Crippen LogP contribution in [0.2, 0.25) is 0 Å². The summed E-state index contributed by atoms with van der Waals surface area (Å²) in [5.41, 5.74) is 1.17. The van der Waals surface area contributed by atoms with Crippen LogP contribution in [0.25, 0.3) is 0 Å². The summed E-state index contributed by atoms with van der Waals surface area (Å²) in [6.07, 6.45) is 2.08. The molecule has 19 heavy (non-hydrogen) atoms. The van der Waals surface area contributed by atoms with E-state index in [1.165, 1.54) is 11.9 Å². The van der Waals surface area contributed by atoms with E-state index in [-0.39, 0.29) is 18.2 Å². The number of aromatic nitrogens is 1. The number of hydrogen-bond donors (Lipinski definition) is 1. The van der Waals surface area contributed by atoms with E-state index in [2.05, 4.69) is 15.4 Å². The average Bonchev–Trinajstić information content (AvgIpc) is 2.68. The molecule has 0 saturated carbocycles. The molecule has 2 rings (SSSR count). The van der Waals surface area contributed by atoms with Crippen molar-refractivity contribution < 1.29 is 9.59 Å². The lowest BCUT2D eigenvalue weighted by molar-refractivity contribution is -0.118. The van der Waals surface area contributed by atoms with Gasteiger partial charge in [-0.3, -0.25) is 14.9 Å². The van der Waals surface area contributed by atoms with Crippen LogP contribution >= 0.6 is 12.2 Å². The lowest BCUT2D eigenvalue weighted by Gasteiger charge is -2.06. The molecule has 0 aromatic carbocycles. The van der Waals surface area contributed by atoms with E-state index in [4.69, 9.17) is 12.2 Å². The molecule has 1 aliphatic heterocycles. The number of hydrazone groups is 1. The van der Waals surface area contributed by atoms with Crippen LogP contribution < -0.4 is 5.32 Å². The number of amides is 1. The standard InChI is InChI=1S/C12H12N4O2S/c1-8(17)10-4-2-3-9(14-10)5-6-13-16-7-11(18)15-12(16)19/h2-4,6H,5,7H2,1H3,(H,15,18,19). The predicted octanol–water partition coefficient (Wildman–Crippen LogP) is 0.529. The molecule has 0 radical (unpaired) electrons. The highest BCUT2D eigenvalue weighted by Gasteiger charge is 2.22. The fourth-order valence-electron chi connectivity index (χ4n) is 1.55. The van der Waals surface area contributed by atoms with Crippen molar-refractivity contribution in [2.24, 2.45) is 5.10 Å². The second-order valence-corrected chi connectivity index (χ2v) is 4.37. The van der Waals surface area contributed by atoms with E-state index in [0.29, 0.717) is 17.2 Å². The highest BCUT2D eigenvalue weighted by molar-refractivity contribution is 7.80. The Morgan fingerprint density at radius 1 is 1.63 bits per heavy atom. The minimum atomic E-state index is -0.168. The molecule has 1 fully saturated rings. The largest absolute Gasteiger partial charge is 0.300 e. The molecule has 0 aliphatic carbocycles. The molecule has 0 bridgehead atoms. The van der Waals surface area contributed by atoms with E-state index >= 15 is 0 Å². The minimum Gasteiger partial charge on any atom is -0.300 e. The third-order valence-corrected chi connectivity index (χ3v) is 2.78. The highest BCUT2D eigenvalue weighted by atomic mass is 32.1. The Labute approximate surface area is 115 Å². The van der Waals surface area contributed by atoms with E-state index < -0.39 is 0 Å². The van der Waals surface area contributed by atoms with Crippen molar-refractivity contribution in [1.29, 1.82) is 0 Å². The van der Waals surface area contributed by atoms with Gasteiger partial charge in [0.2, 0.25) is 5.91 Å². The first-order valence-electron chi connectivity index (χ1n) is 5.67. The van der Waals surface area contributed by atoms with Gasteiger partial charge in [-0.1, -0.05) is 6.07 Å². The molecule has 0 atom stereocenters.